The monoisotopic (exact) mass is 446 g/mol. The number of aromatic hydroxyl groups is 1. The molecule has 0 unspecified atom stereocenters. The van der Waals surface area contributed by atoms with Gasteiger partial charge in [-0.15, -0.1) is 0 Å². The molecule has 1 heterocycles. The molecule has 0 atom stereocenters. The van der Waals surface area contributed by atoms with E-state index >= 15 is 0 Å². The lowest BCUT2D eigenvalue weighted by Crippen LogP contribution is -2.30. The van der Waals surface area contributed by atoms with Crippen LogP contribution < -0.4 is 10.6 Å². The van der Waals surface area contributed by atoms with Gasteiger partial charge in [-0.2, -0.15) is 9.78 Å². The molecule has 0 aliphatic heterocycles. The van der Waals surface area contributed by atoms with E-state index in [1.807, 2.05) is 37.3 Å². The summed E-state index contributed by atoms with van der Waals surface area (Å²) in [5.41, 5.74) is 4.64. The summed E-state index contributed by atoms with van der Waals surface area (Å²) in [5, 5.41) is 20.9. The van der Waals surface area contributed by atoms with E-state index in [-0.39, 0.29) is 23.6 Å². The van der Waals surface area contributed by atoms with Gasteiger partial charge in [0, 0.05) is 36.2 Å². The first-order valence-corrected chi connectivity index (χ1v) is 11.5. The van der Waals surface area contributed by atoms with Crippen molar-refractivity contribution in [1.29, 1.82) is 0 Å². The van der Waals surface area contributed by atoms with Crippen LogP contribution in [0, 0.1) is 6.92 Å². The molecule has 1 aliphatic carbocycles. The van der Waals surface area contributed by atoms with Crippen molar-refractivity contribution >= 4 is 17.6 Å². The number of carbonyl (C=O) groups is 2. The molecule has 0 spiro atoms. The van der Waals surface area contributed by atoms with Crippen molar-refractivity contribution in [2.24, 2.45) is 0 Å². The average Bonchev–Trinajstić information content (AvgIpc) is 3.48. The van der Waals surface area contributed by atoms with Crippen LogP contribution >= 0.6 is 0 Å². The van der Waals surface area contributed by atoms with Crippen LogP contribution in [-0.2, 0) is 11.3 Å². The van der Waals surface area contributed by atoms with Gasteiger partial charge in [0.25, 0.3) is 0 Å². The first kappa shape index (κ1) is 22.6. The van der Waals surface area contributed by atoms with Gasteiger partial charge in [-0.25, -0.2) is 4.79 Å². The fourth-order valence-corrected chi connectivity index (χ4v) is 4.24. The van der Waals surface area contributed by atoms with Crippen LogP contribution in [0.3, 0.4) is 0 Å². The fraction of sp³-hybridized carbons (Fsp3) is 0.346. The zero-order valence-corrected chi connectivity index (χ0v) is 19.1. The summed E-state index contributed by atoms with van der Waals surface area (Å²) in [6, 6.07) is 14.6. The molecular weight excluding hydrogens is 416 g/mol. The van der Waals surface area contributed by atoms with Gasteiger partial charge in [-0.05, 0) is 43.5 Å². The Morgan fingerprint density at radius 3 is 2.48 bits per heavy atom. The SMILES string of the molecule is CCC(=O)Nc1ccc(-c2cc(C3CCCC3)n(C(=O)NCc3ccc(C)cc3)n2)c(O)c1. The van der Waals surface area contributed by atoms with Crippen LogP contribution in [0.4, 0.5) is 10.5 Å². The van der Waals surface area contributed by atoms with Crippen molar-refractivity contribution in [3.63, 3.8) is 0 Å². The number of aryl methyl sites for hydroxylation is 1. The Bertz CT molecular complexity index is 1140. The van der Waals surface area contributed by atoms with Crippen LogP contribution in [0.1, 0.15) is 61.8 Å². The lowest BCUT2D eigenvalue weighted by molar-refractivity contribution is -0.115. The molecule has 0 radical (unpaired) electrons. The first-order valence-electron chi connectivity index (χ1n) is 11.5. The summed E-state index contributed by atoms with van der Waals surface area (Å²) < 4.78 is 1.45. The number of hydrogen-bond acceptors (Lipinski definition) is 4. The molecule has 3 N–H and O–H groups in total. The maximum Gasteiger partial charge on any atom is 0.342 e. The second kappa shape index (κ2) is 9.90. The number of nitrogens with one attached hydrogen (secondary N) is 2. The first-order chi connectivity index (χ1) is 15.9. The highest BCUT2D eigenvalue weighted by molar-refractivity contribution is 5.91. The summed E-state index contributed by atoms with van der Waals surface area (Å²) in [6.45, 7) is 4.21. The van der Waals surface area contributed by atoms with Crippen LogP contribution in [0.2, 0.25) is 0 Å². The molecule has 1 fully saturated rings. The molecule has 2 aromatic carbocycles. The van der Waals surface area contributed by atoms with Crippen LogP contribution in [0.25, 0.3) is 11.3 Å². The van der Waals surface area contributed by atoms with E-state index in [0.717, 1.165) is 36.9 Å². The standard InChI is InChI=1S/C26H30N4O3/c1-3-25(32)28-20-12-13-21(24(31)14-20)22-15-23(19-6-4-5-7-19)30(29-22)26(33)27-16-18-10-8-17(2)9-11-18/h8-15,19,31H,3-7,16H2,1-2H3,(H,27,33)(H,28,32). The van der Waals surface area contributed by atoms with Crippen LogP contribution in [0.5, 0.6) is 5.75 Å². The van der Waals surface area contributed by atoms with E-state index in [2.05, 4.69) is 15.7 Å². The quantitative estimate of drug-likeness (QED) is 0.477. The minimum absolute atomic E-state index is 0.00610. The van der Waals surface area contributed by atoms with Crippen LogP contribution in [0.15, 0.2) is 48.5 Å². The van der Waals surface area contributed by atoms with Gasteiger partial charge < -0.3 is 15.7 Å². The molecule has 3 aromatic rings. The van der Waals surface area contributed by atoms with E-state index in [4.69, 9.17) is 0 Å². The third-order valence-corrected chi connectivity index (χ3v) is 6.15. The molecule has 1 saturated carbocycles. The topological polar surface area (TPSA) is 96.3 Å². The molecule has 4 rings (SSSR count). The van der Waals surface area contributed by atoms with Gasteiger partial charge >= 0.3 is 6.03 Å². The van der Waals surface area contributed by atoms with Crippen molar-refractivity contribution in [3.05, 3.63) is 65.4 Å². The summed E-state index contributed by atoms with van der Waals surface area (Å²) in [7, 11) is 0. The normalized spacial score (nSPS) is 13.8. The average molecular weight is 447 g/mol. The maximum absolute atomic E-state index is 13.1. The zero-order chi connectivity index (χ0) is 23.4. The molecular formula is C26H30N4O3. The molecule has 33 heavy (non-hydrogen) atoms. The number of phenols is 1. The summed E-state index contributed by atoms with van der Waals surface area (Å²) in [6.07, 6.45) is 4.66. The van der Waals surface area contributed by atoms with Gasteiger partial charge in [-0.3, -0.25) is 4.79 Å². The molecule has 0 bridgehead atoms. The molecule has 7 nitrogen and oxygen atoms in total. The minimum Gasteiger partial charge on any atom is -0.507 e. The molecule has 1 aromatic heterocycles. The maximum atomic E-state index is 13.1. The Balaban J connectivity index is 1.59. The van der Waals surface area contributed by atoms with Crippen molar-refractivity contribution in [2.45, 2.75) is 58.4 Å². The van der Waals surface area contributed by atoms with E-state index in [9.17, 15) is 14.7 Å². The van der Waals surface area contributed by atoms with E-state index in [1.54, 1.807) is 19.1 Å². The number of amides is 2. The van der Waals surface area contributed by atoms with Gasteiger partial charge in [0.1, 0.15) is 5.75 Å². The van der Waals surface area contributed by atoms with Gasteiger partial charge in [0.15, 0.2) is 0 Å². The van der Waals surface area contributed by atoms with Crippen molar-refractivity contribution < 1.29 is 14.7 Å². The van der Waals surface area contributed by atoms with E-state index in [1.165, 1.54) is 16.3 Å². The summed E-state index contributed by atoms with van der Waals surface area (Å²) in [4.78, 5) is 24.7. The van der Waals surface area contributed by atoms with Crippen molar-refractivity contribution in [2.75, 3.05) is 5.32 Å². The Kier molecular flexibility index (Phi) is 6.77. The third kappa shape index (κ3) is 5.25. The largest absolute Gasteiger partial charge is 0.507 e. The molecule has 7 heteroatoms. The number of aromatic nitrogens is 2. The summed E-state index contributed by atoms with van der Waals surface area (Å²) >= 11 is 0. The highest BCUT2D eigenvalue weighted by atomic mass is 16.3. The van der Waals surface area contributed by atoms with Gasteiger partial charge in [0.2, 0.25) is 5.91 Å². The van der Waals surface area contributed by atoms with E-state index < -0.39 is 0 Å². The Morgan fingerprint density at radius 2 is 1.82 bits per heavy atom. The smallest absolute Gasteiger partial charge is 0.342 e. The van der Waals surface area contributed by atoms with E-state index in [0.29, 0.717) is 29.9 Å². The van der Waals surface area contributed by atoms with Crippen molar-refractivity contribution in [3.8, 4) is 17.0 Å². The second-order valence-corrected chi connectivity index (χ2v) is 8.63. The number of hydrogen-bond donors (Lipinski definition) is 3. The third-order valence-electron chi connectivity index (χ3n) is 6.15. The molecule has 172 valence electrons. The predicted octanol–water partition coefficient (Wildman–Crippen LogP) is 5.33. The Morgan fingerprint density at radius 1 is 1.09 bits per heavy atom. The zero-order valence-electron chi connectivity index (χ0n) is 19.1. The summed E-state index contributed by atoms with van der Waals surface area (Å²) in [5.74, 6) is 0.147. The van der Waals surface area contributed by atoms with Gasteiger partial charge in [-0.1, -0.05) is 49.6 Å². The lowest BCUT2D eigenvalue weighted by Gasteiger charge is -2.12. The Labute approximate surface area is 193 Å². The molecule has 0 saturated heterocycles. The second-order valence-electron chi connectivity index (χ2n) is 8.63. The number of benzene rings is 2. The number of nitrogens with zero attached hydrogens (tertiary/aromatic N) is 2. The number of phenolic OH excluding ortho intramolecular Hbond substituents is 1. The number of rotatable bonds is 6. The fourth-order valence-electron chi connectivity index (χ4n) is 4.24. The predicted molar refractivity (Wildman–Crippen MR) is 128 cm³/mol. The van der Waals surface area contributed by atoms with Crippen molar-refractivity contribution in [1.82, 2.24) is 15.1 Å². The number of anilines is 1. The van der Waals surface area contributed by atoms with Crippen LogP contribution in [-0.4, -0.2) is 26.8 Å². The number of carbonyl (C=O) groups excluding carboxylic acids is 2. The molecule has 1 aliphatic rings. The van der Waals surface area contributed by atoms with Gasteiger partial charge in [0.05, 0.1) is 11.4 Å². The minimum atomic E-state index is -0.282. The Hall–Kier alpha value is -3.61. The highest BCUT2D eigenvalue weighted by Crippen LogP contribution is 2.37. The highest BCUT2D eigenvalue weighted by Gasteiger charge is 2.26. The lowest BCUT2D eigenvalue weighted by atomic mass is 10.0. The molecule has 2 amide bonds.